The summed E-state index contributed by atoms with van der Waals surface area (Å²) in [6.07, 6.45) is 0. The summed E-state index contributed by atoms with van der Waals surface area (Å²) in [4.78, 5) is 9.06. The van der Waals surface area contributed by atoms with Gasteiger partial charge in [0.1, 0.15) is 45.0 Å². The summed E-state index contributed by atoms with van der Waals surface area (Å²) in [5, 5.41) is 10.3. The zero-order valence-electron chi connectivity index (χ0n) is 72.3. The van der Waals surface area contributed by atoms with E-state index in [1.807, 2.05) is 48.5 Å². The molecule has 0 atom stereocenters. The van der Waals surface area contributed by atoms with Crippen LogP contribution in [0, 0.1) is 27.7 Å². The Morgan fingerprint density at radius 2 is 0.530 bits per heavy atom. The fourth-order valence-electron chi connectivity index (χ4n) is 19.1. The molecule has 12 heteroatoms. The van der Waals surface area contributed by atoms with E-state index in [4.69, 9.17) is 36.0 Å². The van der Waals surface area contributed by atoms with Crippen molar-refractivity contribution in [2.45, 2.75) is 27.7 Å². The molecule has 2 aliphatic rings. The van der Waals surface area contributed by atoms with Crippen molar-refractivity contribution in [1.82, 2.24) is 0 Å². The largest absolute Gasteiger partial charge is 0.456 e. The van der Waals surface area contributed by atoms with Crippen LogP contribution in [0.1, 0.15) is 22.3 Å². The summed E-state index contributed by atoms with van der Waals surface area (Å²) >= 11 is 0. The first-order valence-electron chi connectivity index (χ1n) is 44.4. The number of ether oxygens (including phenoxy) is 2. The van der Waals surface area contributed by atoms with Gasteiger partial charge in [0.25, 0.3) is 0 Å². The summed E-state index contributed by atoms with van der Waals surface area (Å²) in [6.45, 7) is 8.48. The number of furan rings is 6. The SMILES string of the molecule is Cc1cccc(N(c2ccccc2)c2ccc3cc(-c4cc5ccc6c(ccc7cc(-c8cc9ccc(N(c%10ccccc%10)c%10cccc(C)c%10)cc9o8)oc76)c5o4)oc3c2)c1.Cc1cccc(N2c3ccccc3Oc3cc(-c4ccc(-c5cc6c(ccc7c8cc(-c9ccc(-c%10ccc%11c(c%10)Oc%10ccccc%10N%11c%10cccc(C)c%10)cc9)oc8ccc67)o5)cc4)ccc32)c1. The smallest absolute Gasteiger partial charge is 0.170 e. The summed E-state index contributed by atoms with van der Waals surface area (Å²) in [5.74, 6) is 7.61. The van der Waals surface area contributed by atoms with Gasteiger partial charge in [0.2, 0.25) is 0 Å². The summed E-state index contributed by atoms with van der Waals surface area (Å²) in [7, 11) is 0. The monoisotopic (exact) mass is 1700 g/mol. The van der Waals surface area contributed by atoms with Crippen LogP contribution in [0.15, 0.2) is 439 Å². The van der Waals surface area contributed by atoms with Crippen molar-refractivity contribution in [1.29, 1.82) is 0 Å². The summed E-state index contributed by atoms with van der Waals surface area (Å²) < 4.78 is 52.5. The van der Waals surface area contributed by atoms with E-state index in [0.717, 1.165) is 224 Å². The minimum atomic E-state index is 0.666. The Morgan fingerprint density at radius 1 is 0.189 bits per heavy atom. The van der Waals surface area contributed by atoms with E-state index in [1.54, 1.807) is 0 Å². The second-order valence-corrected chi connectivity index (χ2v) is 34.2. The lowest BCUT2D eigenvalue weighted by Gasteiger charge is -2.33. The van der Waals surface area contributed by atoms with Crippen LogP contribution in [0.4, 0.5) is 68.2 Å². The minimum Gasteiger partial charge on any atom is -0.456 e. The molecule has 18 aromatic carbocycles. The third-order valence-corrected chi connectivity index (χ3v) is 25.5. The van der Waals surface area contributed by atoms with Gasteiger partial charge in [0.05, 0.1) is 22.7 Å². The van der Waals surface area contributed by atoms with Crippen molar-refractivity contribution in [2.24, 2.45) is 0 Å². The molecule has 0 saturated carbocycles. The molecule has 0 fully saturated rings. The molecule has 2 aliphatic heterocycles. The predicted molar refractivity (Wildman–Crippen MR) is 537 cm³/mol. The maximum Gasteiger partial charge on any atom is 0.170 e. The van der Waals surface area contributed by atoms with Crippen LogP contribution in [-0.4, -0.2) is 0 Å². The molecule has 26 rings (SSSR count). The number of aryl methyl sites for hydroxylation is 4. The Kier molecular flexibility index (Phi) is 18.2. The van der Waals surface area contributed by atoms with Crippen LogP contribution in [0.3, 0.4) is 0 Å². The molecule has 628 valence electrons. The Balaban J connectivity index is 0.000000143. The lowest BCUT2D eigenvalue weighted by molar-refractivity contribution is 0.477. The van der Waals surface area contributed by atoms with Gasteiger partial charge < -0.3 is 55.6 Å². The number of rotatable bonds is 14. The van der Waals surface area contributed by atoms with Gasteiger partial charge in [-0.25, -0.2) is 0 Å². The molecule has 0 aliphatic carbocycles. The molecule has 12 nitrogen and oxygen atoms in total. The minimum absolute atomic E-state index is 0.666. The Labute approximate surface area is 759 Å². The lowest BCUT2D eigenvalue weighted by atomic mass is 10.00. The van der Waals surface area contributed by atoms with Crippen LogP contribution in [-0.2, 0) is 0 Å². The highest BCUT2D eigenvalue weighted by atomic mass is 16.5. The van der Waals surface area contributed by atoms with Crippen LogP contribution in [0.2, 0.25) is 0 Å². The van der Waals surface area contributed by atoms with Crippen LogP contribution in [0.25, 0.3) is 155 Å². The number of anilines is 12. The molecule has 8 heterocycles. The first-order valence-corrected chi connectivity index (χ1v) is 44.4. The molecule has 0 radical (unpaired) electrons. The molecule has 6 aromatic heterocycles. The molecule has 0 spiro atoms. The second-order valence-electron chi connectivity index (χ2n) is 34.2. The predicted octanol–water partition coefficient (Wildman–Crippen LogP) is 35.5. The number of hydrogen-bond donors (Lipinski definition) is 0. The van der Waals surface area contributed by atoms with Gasteiger partial charge in [-0.1, -0.05) is 182 Å². The van der Waals surface area contributed by atoms with Crippen molar-refractivity contribution in [3.63, 3.8) is 0 Å². The molecule has 0 unspecified atom stereocenters. The second kappa shape index (κ2) is 31.2. The van der Waals surface area contributed by atoms with Crippen molar-refractivity contribution >= 4 is 156 Å². The van der Waals surface area contributed by atoms with Crippen LogP contribution >= 0.6 is 0 Å². The lowest BCUT2D eigenvalue weighted by Crippen LogP contribution is -2.15. The quantitative estimate of drug-likeness (QED) is 0.103. The Morgan fingerprint density at radius 3 is 0.962 bits per heavy atom. The van der Waals surface area contributed by atoms with Crippen LogP contribution < -0.4 is 29.1 Å². The number of para-hydroxylation sites is 6. The Hall–Kier alpha value is -17.5. The number of fused-ring (bicyclic) bond motifs is 16. The first kappa shape index (κ1) is 76.9. The fraction of sp³-hybridized carbons (Fsp3) is 0.0333. The third kappa shape index (κ3) is 13.6. The van der Waals surface area contributed by atoms with Crippen molar-refractivity contribution < 1.29 is 36.0 Å². The number of benzene rings is 18. The van der Waals surface area contributed by atoms with Crippen molar-refractivity contribution in [2.75, 3.05) is 19.6 Å². The average Bonchev–Trinajstić information content (AvgIpc) is 1.37. The Bertz CT molecular complexity index is 8180. The molecule has 0 saturated heterocycles. The molecule has 0 N–H and O–H groups in total. The highest BCUT2D eigenvalue weighted by Crippen LogP contribution is 2.55. The molecule has 0 bridgehead atoms. The van der Waals surface area contributed by atoms with E-state index in [-0.39, 0.29) is 0 Å². The van der Waals surface area contributed by atoms with E-state index in [0.29, 0.717) is 23.0 Å². The van der Waals surface area contributed by atoms with Crippen LogP contribution in [0.5, 0.6) is 23.0 Å². The van der Waals surface area contributed by atoms with Crippen molar-refractivity contribution in [3.8, 4) is 90.9 Å². The van der Waals surface area contributed by atoms with E-state index in [1.165, 1.54) is 22.3 Å². The zero-order chi connectivity index (χ0) is 87.8. The average molecular weight is 1710 g/mol. The van der Waals surface area contributed by atoms with E-state index < -0.39 is 0 Å². The van der Waals surface area contributed by atoms with E-state index in [2.05, 4.69) is 411 Å². The highest BCUT2D eigenvalue weighted by molar-refractivity contribution is 6.18. The number of nitrogens with zero attached hydrogens (tertiary/aromatic N) is 4. The highest BCUT2D eigenvalue weighted by Gasteiger charge is 2.30. The normalized spacial score (nSPS) is 12.2. The fourth-order valence-corrected chi connectivity index (χ4v) is 19.1. The van der Waals surface area contributed by atoms with E-state index in [9.17, 15) is 0 Å². The molecular weight excluding hydrogens is 1630 g/mol. The maximum atomic E-state index is 6.64. The maximum absolute atomic E-state index is 6.64. The standard InChI is InChI=1S/C64H42N2O4.C56H38N2O4/c1-39-9-7-11-47(33-39)65-53-13-3-5-15-59(53)69-63-35-45(25-29-55(63)65)41-17-21-43(22-18-41)61-37-51-49-28-32-58-52(50(49)27-31-57(51)67-61)38-62(68-58)44-23-19-42(20-24-44)46-26-30-56-64(36-46)70-60-16-6-4-14-54(60)66(56)48-12-8-10-40(2)34-48;1-35-11-9-17-43(27-35)57(41-13-5-3-6-14-41)45-23-19-37-29-51(59-49(37)33-45)53-31-39-21-25-48-47(55(39)61-53)26-22-40-32-54(62-56(40)48)52-30-38-20-24-46(34-50(38)60-52)58(42-15-7-4-8-16-42)44-18-10-12-36(2)28-44/h3-38H,1-2H3;3-34H,1-2H3. The zero-order valence-corrected chi connectivity index (χ0v) is 72.3. The third-order valence-electron chi connectivity index (χ3n) is 25.5. The summed E-state index contributed by atoms with van der Waals surface area (Å²) in [6, 6.07) is 144. The van der Waals surface area contributed by atoms with Gasteiger partial charge in [-0.2, -0.15) is 0 Å². The molecular formula is C120H80N4O8. The summed E-state index contributed by atoms with van der Waals surface area (Å²) in [5.41, 5.74) is 28.6. The molecule has 132 heavy (non-hydrogen) atoms. The van der Waals surface area contributed by atoms with E-state index >= 15 is 0 Å². The van der Waals surface area contributed by atoms with Gasteiger partial charge in [0.15, 0.2) is 46.0 Å². The van der Waals surface area contributed by atoms with Gasteiger partial charge in [-0.05, 0) is 301 Å². The topological polar surface area (TPSA) is 110 Å². The molecule has 24 aromatic rings. The van der Waals surface area contributed by atoms with Gasteiger partial charge in [-0.15, -0.1) is 0 Å². The van der Waals surface area contributed by atoms with Gasteiger partial charge in [0, 0.05) is 112 Å². The van der Waals surface area contributed by atoms with Crippen molar-refractivity contribution in [3.05, 3.63) is 435 Å². The molecule has 0 amide bonds. The number of hydrogen-bond acceptors (Lipinski definition) is 12. The first-order chi connectivity index (χ1) is 64.9. The van der Waals surface area contributed by atoms with Gasteiger partial charge in [-0.3, -0.25) is 0 Å². The van der Waals surface area contributed by atoms with Gasteiger partial charge >= 0.3 is 0 Å².